The number of hydrogen-bond donors (Lipinski definition) is 1. The van der Waals surface area contributed by atoms with Gasteiger partial charge in [0.05, 0.1) is 18.3 Å². The average molecular weight is 511 g/mol. The van der Waals surface area contributed by atoms with E-state index in [0.29, 0.717) is 16.4 Å². The molecule has 190 valence electrons. The molecule has 0 heterocycles. The summed E-state index contributed by atoms with van der Waals surface area (Å²) in [5.41, 5.74) is -0.0968. The second kappa shape index (κ2) is 11.6. The molecule has 1 atom stereocenters. The quantitative estimate of drug-likeness (QED) is 0.361. The first-order valence-corrected chi connectivity index (χ1v) is 12.4. The number of ether oxygens (including phenoxy) is 1. The number of sulfonamides is 1. The van der Waals surface area contributed by atoms with Crippen LogP contribution in [-0.4, -0.2) is 62.6 Å². The highest BCUT2D eigenvalue weighted by Gasteiger charge is 2.31. The van der Waals surface area contributed by atoms with Crippen LogP contribution in [0.2, 0.25) is 0 Å². The van der Waals surface area contributed by atoms with Gasteiger partial charge in [-0.1, -0.05) is 12.1 Å². The summed E-state index contributed by atoms with van der Waals surface area (Å²) in [6.45, 7) is 2.62. The number of benzene rings is 2. The molecule has 2 aromatic carbocycles. The van der Waals surface area contributed by atoms with Crippen LogP contribution in [-0.2, 0) is 26.2 Å². The first-order chi connectivity index (χ1) is 16.4. The van der Waals surface area contributed by atoms with Crippen molar-refractivity contribution in [2.75, 3.05) is 30.8 Å². The van der Waals surface area contributed by atoms with Crippen molar-refractivity contribution in [3.05, 3.63) is 64.0 Å². The smallest absolute Gasteiger partial charge is 0.271 e. The molecule has 0 aliphatic rings. The minimum absolute atomic E-state index is 0.00400. The third kappa shape index (κ3) is 7.12. The molecular formula is C22H27FN4O7S. The van der Waals surface area contributed by atoms with Crippen LogP contribution in [0.1, 0.15) is 19.4 Å². The summed E-state index contributed by atoms with van der Waals surface area (Å²) < 4.78 is 44.5. The second-order valence-electron chi connectivity index (χ2n) is 7.60. The van der Waals surface area contributed by atoms with Crippen LogP contribution in [0.3, 0.4) is 0 Å². The van der Waals surface area contributed by atoms with Crippen LogP contribution in [0, 0.1) is 15.9 Å². The highest BCUT2D eigenvalue weighted by molar-refractivity contribution is 7.92. The van der Waals surface area contributed by atoms with Crippen molar-refractivity contribution in [2.45, 2.75) is 26.4 Å². The lowest BCUT2D eigenvalue weighted by Crippen LogP contribution is -2.51. The average Bonchev–Trinajstić information content (AvgIpc) is 2.80. The highest BCUT2D eigenvalue weighted by atomic mass is 32.2. The van der Waals surface area contributed by atoms with Gasteiger partial charge in [0, 0.05) is 25.2 Å². The third-order valence-corrected chi connectivity index (χ3v) is 6.23. The van der Waals surface area contributed by atoms with E-state index < -0.39 is 50.9 Å². The summed E-state index contributed by atoms with van der Waals surface area (Å²) in [5, 5.41) is 13.9. The van der Waals surface area contributed by atoms with Crippen LogP contribution < -0.4 is 14.4 Å². The largest absolute Gasteiger partial charge is 0.495 e. The number of hydrogen-bond acceptors (Lipinski definition) is 7. The van der Waals surface area contributed by atoms with Crippen LogP contribution in [0.15, 0.2) is 42.5 Å². The summed E-state index contributed by atoms with van der Waals surface area (Å²) in [6.07, 6.45) is 0.843. The van der Waals surface area contributed by atoms with E-state index in [1.807, 2.05) is 0 Å². The van der Waals surface area contributed by atoms with Gasteiger partial charge in [-0.2, -0.15) is 0 Å². The molecule has 0 spiro atoms. The number of carbonyl (C=O) groups excluding carboxylic acids is 2. The van der Waals surface area contributed by atoms with Crippen molar-refractivity contribution in [1.82, 2.24) is 10.2 Å². The third-order valence-electron chi connectivity index (χ3n) is 5.11. The number of nitrogens with one attached hydrogen (secondary N) is 1. The molecule has 0 aliphatic heterocycles. The first-order valence-electron chi connectivity index (χ1n) is 10.5. The standard InChI is InChI=1S/C22H27FN4O7S/c1-5-24-22(29)15(2)25(13-16-6-8-17(23)9-7-16)21(28)14-26(35(4,32)33)19-12-18(27(30)31)10-11-20(19)34-3/h6-12,15H,5,13-14H2,1-4H3,(H,24,29)/t15-/m1/s1. The van der Waals surface area contributed by atoms with Crippen molar-refractivity contribution in [2.24, 2.45) is 0 Å². The highest BCUT2D eigenvalue weighted by Crippen LogP contribution is 2.33. The number of likely N-dealkylation sites (N-methyl/N-ethyl adjacent to an activating group) is 1. The molecule has 0 saturated heterocycles. The number of anilines is 1. The maximum Gasteiger partial charge on any atom is 0.271 e. The Balaban J connectivity index is 2.50. The zero-order chi connectivity index (χ0) is 26.3. The fourth-order valence-corrected chi connectivity index (χ4v) is 4.12. The van der Waals surface area contributed by atoms with E-state index in [-0.39, 0.29) is 18.0 Å². The van der Waals surface area contributed by atoms with Gasteiger partial charge in [0.1, 0.15) is 29.8 Å². The number of methoxy groups -OCH3 is 1. The van der Waals surface area contributed by atoms with Gasteiger partial charge in [-0.25, -0.2) is 12.8 Å². The first kappa shape index (κ1) is 27.5. The van der Waals surface area contributed by atoms with Crippen molar-refractivity contribution in [3.63, 3.8) is 0 Å². The van der Waals surface area contributed by atoms with E-state index in [9.17, 15) is 32.5 Å². The van der Waals surface area contributed by atoms with Gasteiger partial charge in [0.15, 0.2) is 0 Å². The van der Waals surface area contributed by atoms with Crippen LogP contribution >= 0.6 is 0 Å². The molecule has 1 N–H and O–H groups in total. The predicted molar refractivity (Wildman–Crippen MR) is 127 cm³/mol. The molecule has 0 radical (unpaired) electrons. The minimum atomic E-state index is -4.12. The van der Waals surface area contributed by atoms with E-state index in [2.05, 4.69) is 5.32 Å². The molecule has 0 unspecified atom stereocenters. The maximum absolute atomic E-state index is 13.4. The fourth-order valence-electron chi connectivity index (χ4n) is 3.27. The van der Waals surface area contributed by atoms with E-state index in [4.69, 9.17) is 4.74 Å². The number of carbonyl (C=O) groups is 2. The summed E-state index contributed by atoms with van der Waals surface area (Å²) in [7, 11) is -2.87. The molecule has 0 bridgehead atoms. The van der Waals surface area contributed by atoms with Crippen LogP contribution in [0.4, 0.5) is 15.8 Å². The number of nitro groups is 1. The summed E-state index contributed by atoms with van der Waals surface area (Å²) in [4.78, 5) is 37.6. The van der Waals surface area contributed by atoms with E-state index in [1.165, 1.54) is 44.4 Å². The summed E-state index contributed by atoms with van der Waals surface area (Å²) >= 11 is 0. The Morgan fingerprint density at radius 2 is 1.83 bits per heavy atom. The second-order valence-corrected chi connectivity index (χ2v) is 9.51. The minimum Gasteiger partial charge on any atom is -0.495 e. The molecule has 0 aliphatic carbocycles. The molecule has 0 saturated carbocycles. The lowest BCUT2D eigenvalue weighted by atomic mass is 10.1. The Morgan fingerprint density at radius 3 is 2.34 bits per heavy atom. The molecule has 11 nitrogen and oxygen atoms in total. The molecule has 2 rings (SSSR count). The Labute approximate surface area is 202 Å². The van der Waals surface area contributed by atoms with Gasteiger partial charge < -0.3 is 15.0 Å². The van der Waals surface area contributed by atoms with Gasteiger partial charge >= 0.3 is 0 Å². The molecule has 2 amide bonds. The molecule has 0 fully saturated rings. The molecule has 2 aromatic rings. The molecule has 0 aromatic heterocycles. The Hall–Kier alpha value is -3.74. The SMILES string of the molecule is CCNC(=O)[C@@H](C)N(Cc1ccc(F)cc1)C(=O)CN(c1cc([N+](=O)[O-])ccc1OC)S(C)(=O)=O. The molecular weight excluding hydrogens is 483 g/mol. The predicted octanol–water partition coefficient (Wildman–Crippen LogP) is 2.06. The van der Waals surface area contributed by atoms with Gasteiger partial charge in [-0.3, -0.25) is 24.0 Å². The van der Waals surface area contributed by atoms with Crippen LogP contribution in [0.25, 0.3) is 0 Å². The molecule has 13 heteroatoms. The van der Waals surface area contributed by atoms with Crippen molar-refractivity contribution in [3.8, 4) is 5.75 Å². The number of rotatable bonds is 11. The number of non-ortho nitro benzene ring substituents is 1. The van der Waals surface area contributed by atoms with Gasteiger partial charge in [-0.05, 0) is 37.6 Å². The zero-order valence-electron chi connectivity index (χ0n) is 19.7. The molecule has 35 heavy (non-hydrogen) atoms. The van der Waals surface area contributed by atoms with E-state index in [1.54, 1.807) is 6.92 Å². The lowest BCUT2D eigenvalue weighted by Gasteiger charge is -2.31. The Morgan fingerprint density at radius 1 is 1.20 bits per heavy atom. The van der Waals surface area contributed by atoms with Crippen molar-refractivity contribution in [1.29, 1.82) is 0 Å². The van der Waals surface area contributed by atoms with Crippen molar-refractivity contribution < 1.29 is 32.1 Å². The summed E-state index contributed by atoms with van der Waals surface area (Å²) in [6, 6.07) is 7.64. The lowest BCUT2D eigenvalue weighted by molar-refractivity contribution is -0.384. The normalized spacial score (nSPS) is 11.9. The topological polar surface area (TPSA) is 139 Å². The fraction of sp³-hybridized carbons (Fsp3) is 0.364. The van der Waals surface area contributed by atoms with E-state index in [0.717, 1.165) is 23.3 Å². The van der Waals surface area contributed by atoms with Gasteiger partial charge in [0.25, 0.3) is 5.69 Å². The van der Waals surface area contributed by atoms with Gasteiger partial charge in [-0.15, -0.1) is 0 Å². The number of amides is 2. The van der Waals surface area contributed by atoms with Gasteiger partial charge in [0.2, 0.25) is 21.8 Å². The number of nitrogens with zero attached hydrogens (tertiary/aromatic N) is 3. The monoisotopic (exact) mass is 510 g/mol. The van der Waals surface area contributed by atoms with Crippen LogP contribution in [0.5, 0.6) is 5.75 Å². The van der Waals surface area contributed by atoms with Crippen molar-refractivity contribution >= 4 is 33.2 Å². The Bertz CT molecular complexity index is 1190. The maximum atomic E-state index is 13.4. The number of halogens is 1. The van der Waals surface area contributed by atoms with E-state index >= 15 is 0 Å². The number of nitro benzene ring substituents is 1. The zero-order valence-corrected chi connectivity index (χ0v) is 20.5. The summed E-state index contributed by atoms with van der Waals surface area (Å²) in [5.74, 6) is -1.71. The Kier molecular flexibility index (Phi) is 9.12.